The van der Waals surface area contributed by atoms with E-state index >= 15 is 0 Å². The van der Waals surface area contributed by atoms with Gasteiger partial charge in [-0.05, 0) is 36.8 Å². The number of carbonyl (C=O) groups excluding carboxylic acids is 1. The Labute approximate surface area is 94.4 Å². The van der Waals surface area contributed by atoms with E-state index in [-0.39, 0.29) is 5.75 Å². The van der Waals surface area contributed by atoms with Crippen LogP contribution in [-0.4, -0.2) is 21.6 Å². The SMILES string of the molecule is C=CC(=O)[C@@](C)(O)/C=C/c1ccc(O)cc1. The maximum Gasteiger partial charge on any atom is 0.190 e. The van der Waals surface area contributed by atoms with Crippen molar-refractivity contribution in [3.8, 4) is 5.75 Å². The van der Waals surface area contributed by atoms with Gasteiger partial charge < -0.3 is 10.2 Å². The highest BCUT2D eigenvalue weighted by Crippen LogP contribution is 2.14. The zero-order valence-electron chi connectivity index (χ0n) is 9.05. The van der Waals surface area contributed by atoms with Crippen LogP contribution in [0.25, 0.3) is 6.08 Å². The van der Waals surface area contributed by atoms with Crippen molar-refractivity contribution in [2.75, 3.05) is 0 Å². The second-order valence-corrected chi connectivity index (χ2v) is 3.64. The number of hydrogen-bond acceptors (Lipinski definition) is 3. The summed E-state index contributed by atoms with van der Waals surface area (Å²) in [5.41, 5.74) is -0.755. The minimum Gasteiger partial charge on any atom is -0.508 e. The summed E-state index contributed by atoms with van der Waals surface area (Å²) in [4.78, 5) is 11.2. The van der Waals surface area contributed by atoms with E-state index in [0.717, 1.165) is 11.6 Å². The predicted molar refractivity (Wildman–Crippen MR) is 63.0 cm³/mol. The van der Waals surface area contributed by atoms with Crippen molar-refractivity contribution in [1.82, 2.24) is 0 Å². The Hall–Kier alpha value is -1.87. The van der Waals surface area contributed by atoms with Crippen LogP contribution in [0, 0.1) is 0 Å². The van der Waals surface area contributed by atoms with Gasteiger partial charge in [-0.1, -0.05) is 24.8 Å². The fourth-order valence-electron chi connectivity index (χ4n) is 1.13. The fraction of sp³-hybridized carbons (Fsp3) is 0.154. The number of phenolic OH excluding ortho intramolecular Hbond substituents is 1. The van der Waals surface area contributed by atoms with Crippen LogP contribution in [0.1, 0.15) is 12.5 Å². The van der Waals surface area contributed by atoms with Gasteiger partial charge in [-0.15, -0.1) is 0 Å². The number of aliphatic hydroxyl groups is 1. The number of phenols is 1. The summed E-state index contributed by atoms with van der Waals surface area (Å²) in [5, 5.41) is 18.8. The minimum absolute atomic E-state index is 0.172. The summed E-state index contributed by atoms with van der Waals surface area (Å²) in [6.45, 7) is 4.71. The quantitative estimate of drug-likeness (QED) is 0.759. The van der Waals surface area contributed by atoms with Crippen LogP contribution in [0.3, 0.4) is 0 Å². The third-order valence-corrected chi connectivity index (χ3v) is 2.18. The maximum absolute atomic E-state index is 11.2. The highest BCUT2D eigenvalue weighted by molar-refractivity contribution is 5.98. The van der Waals surface area contributed by atoms with Crippen LogP contribution >= 0.6 is 0 Å². The molecule has 3 heteroatoms. The Morgan fingerprint density at radius 2 is 1.94 bits per heavy atom. The molecule has 0 aromatic heterocycles. The summed E-state index contributed by atoms with van der Waals surface area (Å²) in [5.74, 6) is -0.284. The van der Waals surface area contributed by atoms with E-state index in [4.69, 9.17) is 5.11 Å². The molecule has 0 fully saturated rings. The molecule has 3 nitrogen and oxygen atoms in total. The molecule has 0 heterocycles. The zero-order chi connectivity index (χ0) is 12.2. The van der Waals surface area contributed by atoms with Gasteiger partial charge in [-0.25, -0.2) is 0 Å². The average molecular weight is 218 g/mol. The van der Waals surface area contributed by atoms with Gasteiger partial charge in [0.1, 0.15) is 11.4 Å². The molecule has 2 N–H and O–H groups in total. The van der Waals surface area contributed by atoms with Crippen molar-refractivity contribution in [3.63, 3.8) is 0 Å². The Morgan fingerprint density at radius 3 is 2.44 bits per heavy atom. The zero-order valence-corrected chi connectivity index (χ0v) is 9.05. The van der Waals surface area contributed by atoms with E-state index in [1.807, 2.05) is 0 Å². The van der Waals surface area contributed by atoms with Crippen molar-refractivity contribution in [2.45, 2.75) is 12.5 Å². The normalized spacial score (nSPS) is 14.6. The summed E-state index contributed by atoms with van der Waals surface area (Å²) < 4.78 is 0. The number of hydrogen-bond donors (Lipinski definition) is 2. The van der Waals surface area contributed by atoms with Crippen molar-refractivity contribution >= 4 is 11.9 Å². The predicted octanol–water partition coefficient (Wildman–Crippen LogP) is 1.91. The van der Waals surface area contributed by atoms with E-state index in [2.05, 4.69) is 6.58 Å². The van der Waals surface area contributed by atoms with Crippen LogP contribution < -0.4 is 0 Å². The monoisotopic (exact) mass is 218 g/mol. The van der Waals surface area contributed by atoms with Crippen molar-refractivity contribution in [2.24, 2.45) is 0 Å². The van der Waals surface area contributed by atoms with Crippen LogP contribution in [-0.2, 0) is 4.79 Å². The minimum atomic E-state index is -1.54. The highest BCUT2D eigenvalue weighted by Gasteiger charge is 2.23. The standard InChI is InChI=1S/C13H14O3/c1-3-12(15)13(2,16)9-8-10-4-6-11(14)7-5-10/h3-9,14,16H,1H2,2H3/b9-8+/t13-/m0/s1. The number of ketones is 1. The van der Waals surface area contributed by atoms with Gasteiger partial charge in [0, 0.05) is 0 Å². The first-order valence-corrected chi connectivity index (χ1v) is 4.83. The summed E-state index contributed by atoms with van der Waals surface area (Å²) in [6.07, 6.45) is 4.09. The first-order valence-electron chi connectivity index (χ1n) is 4.83. The van der Waals surface area contributed by atoms with Gasteiger partial charge >= 0.3 is 0 Å². The lowest BCUT2D eigenvalue weighted by atomic mass is 9.99. The third kappa shape index (κ3) is 3.07. The first kappa shape index (κ1) is 12.2. The largest absolute Gasteiger partial charge is 0.508 e. The molecule has 1 rings (SSSR count). The van der Waals surface area contributed by atoms with Gasteiger partial charge in [-0.2, -0.15) is 0 Å². The molecule has 16 heavy (non-hydrogen) atoms. The van der Waals surface area contributed by atoms with Crippen LogP contribution in [0.4, 0.5) is 0 Å². The summed E-state index contributed by atoms with van der Waals surface area (Å²) >= 11 is 0. The van der Waals surface area contributed by atoms with Crippen molar-refractivity contribution in [3.05, 3.63) is 48.6 Å². The van der Waals surface area contributed by atoms with Gasteiger partial charge in [0.2, 0.25) is 0 Å². The topological polar surface area (TPSA) is 57.5 Å². The van der Waals surface area contributed by atoms with E-state index in [0.29, 0.717) is 0 Å². The summed E-state index contributed by atoms with van der Waals surface area (Å²) in [6, 6.07) is 6.42. The molecule has 0 spiro atoms. The number of aromatic hydroxyl groups is 1. The van der Waals surface area contributed by atoms with Crippen LogP contribution in [0.5, 0.6) is 5.75 Å². The lowest BCUT2D eigenvalue weighted by Crippen LogP contribution is -2.30. The molecular weight excluding hydrogens is 204 g/mol. The molecule has 84 valence electrons. The first-order chi connectivity index (χ1) is 7.45. The van der Waals surface area contributed by atoms with E-state index in [9.17, 15) is 9.90 Å². The van der Waals surface area contributed by atoms with E-state index in [1.165, 1.54) is 25.1 Å². The third-order valence-electron chi connectivity index (χ3n) is 2.18. The second kappa shape index (κ2) is 4.77. The number of rotatable bonds is 4. The molecule has 0 bridgehead atoms. The van der Waals surface area contributed by atoms with Gasteiger partial charge in [0.15, 0.2) is 5.78 Å². The second-order valence-electron chi connectivity index (χ2n) is 3.64. The van der Waals surface area contributed by atoms with Crippen molar-refractivity contribution in [1.29, 1.82) is 0 Å². The molecule has 0 saturated heterocycles. The van der Waals surface area contributed by atoms with Crippen LogP contribution in [0.2, 0.25) is 0 Å². The van der Waals surface area contributed by atoms with Gasteiger partial charge in [0.05, 0.1) is 0 Å². The molecule has 0 radical (unpaired) electrons. The fourth-order valence-corrected chi connectivity index (χ4v) is 1.13. The molecule has 1 aromatic rings. The lowest BCUT2D eigenvalue weighted by Gasteiger charge is -2.14. The molecule has 0 amide bonds. The van der Waals surface area contributed by atoms with Crippen molar-refractivity contribution < 1.29 is 15.0 Å². The lowest BCUT2D eigenvalue weighted by molar-refractivity contribution is -0.126. The van der Waals surface area contributed by atoms with E-state index < -0.39 is 11.4 Å². The molecule has 0 aliphatic rings. The number of carbonyl (C=O) groups is 1. The van der Waals surface area contributed by atoms with E-state index in [1.54, 1.807) is 18.2 Å². The maximum atomic E-state index is 11.2. The highest BCUT2D eigenvalue weighted by atomic mass is 16.3. The average Bonchev–Trinajstić information content (AvgIpc) is 2.27. The molecule has 0 aliphatic carbocycles. The molecule has 0 saturated carbocycles. The number of benzene rings is 1. The molecule has 1 aromatic carbocycles. The molecule has 0 aliphatic heterocycles. The molecule has 0 unspecified atom stereocenters. The molecular formula is C13H14O3. The van der Waals surface area contributed by atoms with Crippen LogP contribution in [0.15, 0.2) is 43.0 Å². The smallest absolute Gasteiger partial charge is 0.190 e. The van der Waals surface area contributed by atoms with Gasteiger partial charge in [-0.3, -0.25) is 4.79 Å². The Morgan fingerprint density at radius 1 is 1.38 bits per heavy atom. The molecule has 1 atom stereocenters. The van der Waals surface area contributed by atoms with Gasteiger partial charge in [0.25, 0.3) is 0 Å². The Kier molecular flexibility index (Phi) is 3.64. The summed E-state index contributed by atoms with van der Waals surface area (Å²) in [7, 11) is 0. The Balaban J connectivity index is 2.84. The Bertz CT molecular complexity index is 413.